The van der Waals surface area contributed by atoms with Crippen molar-refractivity contribution in [3.63, 3.8) is 0 Å². The fourth-order valence-corrected chi connectivity index (χ4v) is 3.01. The van der Waals surface area contributed by atoms with Gasteiger partial charge in [0.2, 0.25) is 0 Å². The van der Waals surface area contributed by atoms with Gasteiger partial charge in [0.1, 0.15) is 5.75 Å². The molecular formula is C16H23BrO3. The first-order valence-electron chi connectivity index (χ1n) is 7.31. The summed E-state index contributed by atoms with van der Waals surface area (Å²) in [5.41, 5.74) is 1.08. The smallest absolute Gasteiger partial charge is 0.119 e. The SMILES string of the molecule is COc1ccc(Br)c(CC(O)CCC2CCCCO2)c1. The van der Waals surface area contributed by atoms with Crippen molar-refractivity contribution in [2.24, 2.45) is 0 Å². The molecule has 1 aromatic rings. The monoisotopic (exact) mass is 342 g/mol. The summed E-state index contributed by atoms with van der Waals surface area (Å²) in [6.07, 6.45) is 5.95. The zero-order valence-electron chi connectivity index (χ0n) is 12.0. The predicted octanol–water partition coefficient (Wildman–Crippen LogP) is 3.71. The molecule has 112 valence electrons. The molecule has 0 spiro atoms. The van der Waals surface area contributed by atoms with E-state index in [2.05, 4.69) is 15.9 Å². The van der Waals surface area contributed by atoms with Crippen molar-refractivity contribution in [1.29, 1.82) is 0 Å². The van der Waals surface area contributed by atoms with Gasteiger partial charge < -0.3 is 14.6 Å². The van der Waals surface area contributed by atoms with E-state index in [1.54, 1.807) is 7.11 Å². The van der Waals surface area contributed by atoms with E-state index in [0.717, 1.165) is 41.7 Å². The van der Waals surface area contributed by atoms with Crippen LogP contribution in [0.1, 0.15) is 37.7 Å². The van der Waals surface area contributed by atoms with E-state index in [1.807, 2.05) is 18.2 Å². The summed E-state index contributed by atoms with van der Waals surface area (Å²) in [6.45, 7) is 0.877. The highest BCUT2D eigenvalue weighted by Gasteiger charge is 2.16. The number of halogens is 1. The van der Waals surface area contributed by atoms with Gasteiger partial charge in [-0.2, -0.15) is 0 Å². The topological polar surface area (TPSA) is 38.7 Å². The number of rotatable bonds is 6. The summed E-state index contributed by atoms with van der Waals surface area (Å²) >= 11 is 3.52. The van der Waals surface area contributed by atoms with Gasteiger partial charge in [-0.1, -0.05) is 15.9 Å². The number of methoxy groups -OCH3 is 1. The normalized spacial score (nSPS) is 20.6. The Morgan fingerprint density at radius 3 is 3.00 bits per heavy atom. The van der Waals surface area contributed by atoms with Crippen molar-refractivity contribution in [2.75, 3.05) is 13.7 Å². The number of ether oxygens (including phenoxy) is 2. The lowest BCUT2D eigenvalue weighted by Crippen LogP contribution is -2.21. The number of hydrogen-bond acceptors (Lipinski definition) is 3. The molecule has 3 nitrogen and oxygen atoms in total. The Labute approximate surface area is 129 Å². The van der Waals surface area contributed by atoms with E-state index in [-0.39, 0.29) is 6.10 Å². The van der Waals surface area contributed by atoms with Gasteiger partial charge in [0.05, 0.1) is 19.3 Å². The van der Waals surface area contributed by atoms with Crippen LogP contribution in [0.3, 0.4) is 0 Å². The van der Waals surface area contributed by atoms with E-state index in [4.69, 9.17) is 9.47 Å². The van der Waals surface area contributed by atoms with E-state index >= 15 is 0 Å². The first-order valence-corrected chi connectivity index (χ1v) is 8.10. The van der Waals surface area contributed by atoms with E-state index in [0.29, 0.717) is 12.5 Å². The predicted molar refractivity (Wildman–Crippen MR) is 83.2 cm³/mol. The van der Waals surface area contributed by atoms with Gasteiger partial charge in [0, 0.05) is 11.1 Å². The Morgan fingerprint density at radius 2 is 2.30 bits per heavy atom. The van der Waals surface area contributed by atoms with Gasteiger partial charge in [-0.3, -0.25) is 0 Å². The van der Waals surface area contributed by atoms with Gasteiger partial charge in [-0.05, 0) is 62.3 Å². The molecule has 0 radical (unpaired) electrons. The maximum atomic E-state index is 10.2. The molecular weight excluding hydrogens is 320 g/mol. The molecule has 2 unspecified atom stereocenters. The highest BCUT2D eigenvalue weighted by atomic mass is 79.9. The Bertz CT molecular complexity index is 416. The van der Waals surface area contributed by atoms with Crippen molar-refractivity contribution in [3.05, 3.63) is 28.2 Å². The van der Waals surface area contributed by atoms with Crippen molar-refractivity contribution >= 4 is 15.9 Å². The third-order valence-electron chi connectivity index (χ3n) is 3.80. The molecule has 1 heterocycles. The van der Waals surface area contributed by atoms with Gasteiger partial charge >= 0.3 is 0 Å². The van der Waals surface area contributed by atoms with Gasteiger partial charge in [-0.25, -0.2) is 0 Å². The summed E-state index contributed by atoms with van der Waals surface area (Å²) in [4.78, 5) is 0. The molecule has 2 atom stereocenters. The fourth-order valence-electron chi connectivity index (χ4n) is 2.60. The largest absolute Gasteiger partial charge is 0.497 e. The van der Waals surface area contributed by atoms with Crippen LogP contribution in [0, 0.1) is 0 Å². The molecule has 2 rings (SSSR count). The van der Waals surface area contributed by atoms with Gasteiger partial charge in [0.15, 0.2) is 0 Å². The van der Waals surface area contributed by atoms with Gasteiger partial charge in [-0.15, -0.1) is 0 Å². The van der Waals surface area contributed by atoms with Crippen LogP contribution < -0.4 is 4.74 Å². The van der Waals surface area contributed by atoms with E-state index in [9.17, 15) is 5.11 Å². The summed E-state index contributed by atoms with van der Waals surface area (Å²) in [6, 6.07) is 5.85. The van der Waals surface area contributed by atoms with Gasteiger partial charge in [0.25, 0.3) is 0 Å². The molecule has 1 saturated heterocycles. The second kappa shape index (κ2) is 8.01. The first kappa shape index (κ1) is 15.8. The Morgan fingerprint density at radius 1 is 1.45 bits per heavy atom. The summed E-state index contributed by atoms with van der Waals surface area (Å²) in [5, 5.41) is 10.2. The molecule has 0 aromatic heterocycles. The van der Waals surface area contributed by atoms with Crippen LogP contribution in [0.25, 0.3) is 0 Å². The van der Waals surface area contributed by atoms with Crippen LogP contribution in [-0.2, 0) is 11.2 Å². The molecule has 1 aliphatic heterocycles. The number of benzene rings is 1. The molecule has 20 heavy (non-hydrogen) atoms. The van der Waals surface area contributed by atoms with Crippen LogP contribution in [0.15, 0.2) is 22.7 Å². The molecule has 1 aromatic carbocycles. The lowest BCUT2D eigenvalue weighted by atomic mass is 9.99. The standard InChI is InChI=1S/C16H23BrO3/c1-19-15-7-8-16(17)12(11-15)10-13(18)5-6-14-4-2-3-9-20-14/h7-8,11,13-14,18H,2-6,9-10H2,1H3. The average molecular weight is 343 g/mol. The van der Waals surface area contributed by atoms with Crippen LogP contribution in [0.4, 0.5) is 0 Å². The zero-order chi connectivity index (χ0) is 14.4. The molecule has 1 N–H and O–H groups in total. The lowest BCUT2D eigenvalue weighted by Gasteiger charge is -2.23. The third-order valence-corrected chi connectivity index (χ3v) is 4.58. The molecule has 0 aliphatic carbocycles. The van der Waals surface area contributed by atoms with E-state index < -0.39 is 0 Å². The highest BCUT2D eigenvalue weighted by Crippen LogP contribution is 2.25. The summed E-state index contributed by atoms with van der Waals surface area (Å²) in [7, 11) is 1.66. The zero-order valence-corrected chi connectivity index (χ0v) is 13.6. The van der Waals surface area contributed by atoms with Crippen LogP contribution in [0.5, 0.6) is 5.75 Å². The number of hydrogen-bond donors (Lipinski definition) is 1. The molecule has 0 amide bonds. The maximum Gasteiger partial charge on any atom is 0.119 e. The lowest BCUT2D eigenvalue weighted by molar-refractivity contribution is 0.00233. The highest BCUT2D eigenvalue weighted by molar-refractivity contribution is 9.10. The van der Waals surface area contributed by atoms with Crippen LogP contribution >= 0.6 is 15.9 Å². The Balaban J connectivity index is 1.82. The number of aliphatic hydroxyl groups is 1. The van der Waals surface area contributed by atoms with Crippen molar-refractivity contribution in [3.8, 4) is 5.75 Å². The summed E-state index contributed by atoms with van der Waals surface area (Å²) < 4.78 is 11.9. The molecule has 4 heteroatoms. The van der Waals surface area contributed by atoms with Crippen LogP contribution in [0.2, 0.25) is 0 Å². The average Bonchev–Trinajstić information content (AvgIpc) is 2.48. The summed E-state index contributed by atoms with van der Waals surface area (Å²) in [5.74, 6) is 0.825. The fraction of sp³-hybridized carbons (Fsp3) is 0.625. The molecule has 0 saturated carbocycles. The van der Waals surface area contributed by atoms with Crippen molar-refractivity contribution < 1.29 is 14.6 Å². The second-order valence-corrected chi connectivity index (χ2v) is 6.24. The Hall–Kier alpha value is -0.580. The van der Waals surface area contributed by atoms with E-state index in [1.165, 1.54) is 12.8 Å². The minimum Gasteiger partial charge on any atom is -0.497 e. The molecule has 1 fully saturated rings. The minimum atomic E-state index is -0.330. The third kappa shape index (κ3) is 4.76. The second-order valence-electron chi connectivity index (χ2n) is 5.38. The quantitative estimate of drug-likeness (QED) is 0.856. The molecule has 0 bridgehead atoms. The first-order chi connectivity index (χ1) is 9.69. The Kier molecular flexibility index (Phi) is 6.33. The van der Waals surface area contributed by atoms with Crippen LogP contribution in [-0.4, -0.2) is 31.0 Å². The number of aliphatic hydroxyl groups excluding tert-OH is 1. The van der Waals surface area contributed by atoms with Crippen molar-refractivity contribution in [1.82, 2.24) is 0 Å². The maximum absolute atomic E-state index is 10.2. The molecule has 1 aliphatic rings. The minimum absolute atomic E-state index is 0.330. The van der Waals surface area contributed by atoms with Crippen molar-refractivity contribution in [2.45, 2.75) is 50.7 Å².